The van der Waals surface area contributed by atoms with Gasteiger partial charge in [0, 0.05) is 30.6 Å². The molecular weight excluding hydrogens is 388 g/mol. The molecule has 1 atom stereocenters. The predicted octanol–water partition coefficient (Wildman–Crippen LogP) is 2.94. The molecule has 3 aromatic rings. The van der Waals surface area contributed by atoms with Crippen molar-refractivity contribution in [2.75, 3.05) is 19.1 Å². The Balaban J connectivity index is 2.02. The maximum absolute atomic E-state index is 12.8. The summed E-state index contributed by atoms with van der Waals surface area (Å²) in [6, 6.07) is 12.6. The van der Waals surface area contributed by atoms with Crippen molar-refractivity contribution in [3.8, 4) is 5.75 Å². The Kier molecular flexibility index (Phi) is 6.17. The Hall–Kier alpha value is -3.65. The first kappa shape index (κ1) is 21.1. The van der Waals surface area contributed by atoms with Gasteiger partial charge in [0.2, 0.25) is 0 Å². The topological polar surface area (TPSA) is 123 Å². The second kappa shape index (κ2) is 8.79. The van der Waals surface area contributed by atoms with E-state index >= 15 is 0 Å². The number of nitrogens with two attached hydrogens (primary N) is 1. The lowest BCUT2D eigenvalue weighted by molar-refractivity contribution is -0.137. The summed E-state index contributed by atoms with van der Waals surface area (Å²) in [6.07, 6.45) is -0.192. The van der Waals surface area contributed by atoms with E-state index < -0.39 is 23.4 Å². The maximum Gasteiger partial charge on any atom is 0.338 e. The fraction of sp³-hybridized carbons (Fsp3) is 0.227. The van der Waals surface area contributed by atoms with E-state index in [4.69, 9.17) is 20.0 Å². The summed E-state index contributed by atoms with van der Waals surface area (Å²) in [6.45, 7) is 0. The van der Waals surface area contributed by atoms with E-state index in [2.05, 4.69) is 0 Å². The van der Waals surface area contributed by atoms with Gasteiger partial charge in [0.15, 0.2) is 5.78 Å². The number of carbonyl (C=O) groups is 2. The van der Waals surface area contributed by atoms with E-state index in [-0.39, 0.29) is 18.4 Å². The number of fused-ring (bicyclic) bond motifs is 1. The van der Waals surface area contributed by atoms with Crippen molar-refractivity contribution in [3.05, 3.63) is 64.5 Å². The molecule has 8 heteroatoms. The summed E-state index contributed by atoms with van der Waals surface area (Å²) in [4.78, 5) is 37.4. The number of nitrogens with zero attached hydrogens (tertiary/aromatic N) is 1. The molecule has 0 radical (unpaired) electrons. The molecule has 0 saturated heterocycles. The van der Waals surface area contributed by atoms with Gasteiger partial charge in [-0.2, -0.15) is 0 Å². The third-order valence-electron chi connectivity index (χ3n) is 4.83. The second-order valence-electron chi connectivity index (χ2n) is 6.79. The fourth-order valence-electron chi connectivity index (χ4n) is 3.22. The monoisotopic (exact) mass is 410 g/mol. The molecule has 0 aliphatic rings. The zero-order chi connectivity index (χ0) is 21.8. The summed E-state index contributed by atoms with van der Waals surface area (Å²) in [5.41, 5.74) is 7.36. The number of Topliss-reactive ketones (excluding diaryl/α,β-unsaturated/α-hetero) is 1. The van der Waals surface area contributed by atoms with Crippen LogP contribution in [-0.4, -0.2) is 37.1 Å². The third-order valence-corrected chi connectivity index (χ3v) is 4.83. The first-order chi connectivity index (χ1) is 14.3. The summed E-state index contributed by atoms with van der Waals surface area (Å²) >= 11 is 0. The molecule has 0 amide bonds. The molecule has 8 nitrogen and oxygen atoms in total. The van der Waals surface area contributed by atoms with Gasteiger partial charge in [0.1, 0.15) is 11.3 Å². The third kappa shape index (κ3) is 4.33. The van der Waals surface area contributed by atoms with Gasteiger partial charge in [0.05, 0.1) is 24.4 Å². The molecule has 1 unspecified atom stereocenters. The van der Waals surface area contributed by atoms with Gasteiger partial charge < -0.3 is 24.9 Å². The van der Waals surface area contributed by atoms with Gasteiger partial charge in [-0.1, -0.05) is 12.1 Å². The largest absolute Gasteiger partial charge is 0.496 e. The van der Waals surface area contributed by atoms with E-state index in [1.54, 1.807) is 42.3 Å². The molecule has 30 heavy (non-hydrogen) atoms. The van der Waals surface area contributed by atoms with Gasteiger partial charge in [-0.05, 0) is 36.8 Å². The van der Waals surface area contributed by atoms with Gasteiger partial charge in [-0.25, -0.2) is 4.79 Å². The number of rotatable bonds is 8. The molecular formula is C22H22N2O6. The molecule has 0 bridgehead atoms. The van der Waals surface area contributed by atoms with E-state index in [1.165, 1.54) is 13.2 Å². The molecule has 3 rings (SSSR count). The van der Waals surface area contributed by atoms with Gasteiger partial charge in [0.25, 0.3) is 0 Å². The normalized spacial score (nSPS) is 11.8. The minimum atomic E-state index is -1.02. The standard InChI is InChI=1S/C22H22N2O6/c1-24(17-12-21(27)30-19-6-4-3-5-14(17)19)13-7-9-18(29-2)15(11-13)22(28)16(23)8-10-20(25)26/h3-7,9,11-12,16H,8,10,23H2,1-2H3,(H,25,26). The molecule has 1 heterocycles. The lowest BCUT2D eigenvalue weighted by atomic mass is 9.99. The Morgan fingerprint density at radius 2 is 1.93 bits per heavy atom. The van der Waals surface area contributed by atoms with E-state index in [9.17, 15) is 14.4 Å². The van der Waals surface area contributed by atoms with Crippen LogP contribution in [0.2, 0.25) is 0 Å². The highest BCUT2D eigenvalue weighted by molar-refractivity contribution is 6.03. The highest BCUT2D eigenvalue weighted by Crippen LogP contribution is 2.33. The molecule has 0 saturated carbocycles. The van der Waals surface area contributed by atoms with Crippen LogP contribution in [-0.2, 0) is 4.79 Å². The van der Waals surface area contributed by atoms with Gasteiger partial charge in [-0.15, -0.1) is 0 Å². The van der Waals surface area contributed by atoms with Crippen molar-refractivity contribution < 1.29 is 23.8 Å². The quantitative estimate of drug-likeness (QED) is 0.429. The molecule has 3 N–H and O–H groups in total. The van der Waals surface area contributed by atoms with Crippen LogP contribution in [0.15, 0.2) is 57.7 Å². The molecule has 0 aliphatic heterocycles. The number of ether oxygens (including phenoxy) is 1. The Labute approximate surface area is 172 Å². The first-order valence-corrected chi connectivity index (χ1v) is 9.28. The van der Waals surface area contributed by atoms with Crippen molar-refractivity contribution in [2.45, 2.75) is 18.9 Å². The zero-order valence-electron chi connectivity index (χ0n) is 16.6. The summed E-state index contributed by atoms with van der Waals surface area (Å²) in [5, 5.41) is 9.57. The number of hydrogen-bond donors (Lipinski definition) is 2. The second-order valence-corrected chi connectivity index (χ2v) is 6.79. The fourth-order valence-corrected chi connectivity index (χ4v) is 3.22. The molecule has 0 fully saturated rings. The van der Waals surface area contributed by atoms with Crippen molar-refractivity contribution in [1.82, 2.24) is 0 Å². The zero-order valence-corrected chi connectivity index (χ0v) is 16.6. The highest BCUT2D eigenvalue weighted by Gasteiger charge is 2.22. The number of anilines is 2. The Morgan fingerprint density at radius 3 is 2.63 bits per heavy atom. The van der Waals surface area contributed by atoms with Crippen molar-refractivity contribution in [2.24, 2.45) is 5.73 Å². The van der Waals surface area contributed by atoms with Crippen LogP contribution in [0.5, 0.6) is 5.75 Å². The van der Waals surface area contributed by atoms with Crippen LogP contribution >= 0.6 is 0 Å². The number of carbonyl (C=O) groups excluding carboxylic acids is 1. The highest BCUT2D eigenvalue weighted by atomic mass is 16.5. The van der Waals surface area contributed by atoms with Crippen LogP contribution in [0.3, 0.4) is 0 Å². The Morgan fingerprint density at radius 1 is 1.20 bits per heavy atom. The minimum Gasteiger partial charge on any atom is -0.496 e. The molecule has 156 valence electrons. The lowest BCUT2D eigenvalue weighted by Gasteiger charge is -2.22. The van der Waals surface area contributed by atoms with Crippen LogP contribution in [0.1, 0.15) is 23.2 Å². The molecule has 1 aromatic heterocycles. The van der Waals surface area contributed by atoms with Crippen LogP contribution < -0.4 is 21.0 Å². The maximum atomic E-state index is 12.8. The van der Waals surface area contributed by atoms with Crippen LogP contribution in [0, 0.1) is 0 Å². The number of carboxylic acid groups (broad SMARTS) is 1. The number of para-hydroxylation sites is 1. The summed E-state index contributed by atoms with van der Waals surface area (Å²) < 4.78 is 10.5. The number of hydrogen-bond acceptors (Lipinski definition) is 7. The SMILES string of the molecule is COc1ccc(N(C)c2cc(=O)oc3ccccc23)cc1C(=O)C(N)CCC(=O)O. The number of benzene rings is 2. The van der Waals surface area contributed by atoms with Crippen molar-refractivity contribution in [3.63, 3.8) is 0 Å². The number of methoxy groups -OCH3 is 1. The molecule has 0 aliphatic carbocycles. The summed E-state index contributed by atoms with van der Waals surface area (Å²) in [5.74, 6) is -1.10. The van der Waals surface area contributed by atoms with Gasteiger partial charge in [-0.3, -0.25) is 9.59 Å². The average Bonchev–Trinajstić information content (AvgIpc) is 2.75. The lowest BCUT2D eigenvalue weighted by Crippen LogP contribution is -2.31. The first-order valence-electron chi connectivity index (χ1n) is 9.28. The smallest absolute Gasteiger partial charge is 0.338 e. The Bertz CT molecular complexity index is 1150. The van der Waals surface area contributed by atoms with E-state index in [1.807, 2.05) is 12.1 Å². The van der Waals surface area contributed by atoms with Gasteiger partial charge >= 0.3 is 11.6 Å². The van der Waals surface area contributed by atoms with Crippen LogP contribution in [0.4, 0.5) is 11.4 Å². The number of ketones is 1. The number of carboxylic acids is 1. The summed E-state index contributed by atoms with van der Waals surface area (Å²) in [7, 11) is 3.20. The van der Waals surface area contributed by atoms with E-state index in [0.717, 1.165) is 5.39 Å². The minimum absolute atomic E-state index is 0.0156. The number of aliphatic carboxylic acids is 1. The average molecular weight is 410 g/mol. The molecule has 2 aromatic carbocycles. The predicted molar refractivity (Wildman–Crippen MR) is 113 cm³/mol. The molecule has 0 spiro atoms. The van der Waals surface area contributed by atoms with Crippen LogP contribution in [0.25, 0.3) is 11.0 Å². The van der Waals surface area contributed by atoms with Crippen molar-refractivity contribution >= 4 is 34.1 Å². The van der Waals surface area contributed by atoms with E-state index in [0.29, 0.717) is 22.7 Å². The van der Waals surface area contributed by atoms with Crippen molar-refractivity contribution in [1.29, 1.82) is 0 Å².